The monoisotopic (exact) mass is 227 g/mol. The van der Waals surface area contributed by atoms with Gasteiger partial charge in [0.05, 0.1) is 11.0 Å². The predicted molar refractivity (Wildman–Crippen MR) is 68.7 cm³/mol. The standard InChI is InChI=1S/C14H17N3/c1-15-13(10-4-2-5-10)11-6-3-7-12-14(11)17-9-8-16-12/h3,6-10,13,15H,2,4-5H2,1H3. The average molecular weight is 227 g/mol. The minimum absolute atomic E-state index is 0.421. The Morgan fingerprint density at radius 3 is 2.76 bits per heavy atom. The first-order valence-electron chi connectivity index (χ1n) is 6.27. The van der Waals surface area contributed by atoms with Crippen LogP contribution in [0.4, 0.5) is 0 Å². The van der Waals surface area contributed by atoms with Gasteiger partial charge in [-0.15, -0.1) is 0 Å². The van der Waals surface area contributed by atoms with Crippen molar-refractivity contribution in [1.29, 1.82) is 0 Å². The number of benzene rings is 1. The zero-order valence-corrected chi connectivity index (χ0v) is 10.1. The van der Waals surface area contributed by atoms with Crippen molar-refractivity contribution in [2.45, 2.75) is 25.3 Å². The Kier molecular flexibility index (Phi) is 2.77. The Morgan fingerprint density at radius 1 is 1.24 bits per heavy atom. The van der Waals surface area contributed by atoms with Crippen LogP contribution in [0.3, 0.4) is 0 Å². The van der Waals surface area contributed by atoms with E-state index in [0.717, 1.165) is 17.0 Å². The van der Waals surface area contributed by atoms with Crippen LogP contribution >= 0.6 is 0 Å². The van der Waals surface area contributed by atoms with Crippen LogP contribution in [0.1, 0.15) is 30.9 Å². The molecule has 1 heterocycles. The van der Waals surface area contributed by atoms with E-state index in [4.69, 9.17) is 0 Å². The maximum absolute atomic E-state index is 4.49. The van der Waals surface area contributed by atoms with Gasteiger partial charge in [0.25, 0.3) is 0 Å². The number of para-hydroxylation sites is 1. The summed E-state index contributed by atoms with van der Waals surface area (Å²) >= 11 is 0. The molecular weight excluding hydrogens is 210 g/mol. The molecule has 0 bridgehead atoms. The molecule has 3 heteroatoms. The molecule has 1 atom stereocenters. The fraction of sp³-hybridized carbons (Fsp3) is 0.429. The van der Waals surface area contributed by atoms with Crippen LogP contribution in [0.25, 0.3) is 11.0 Å². The summed E-state index contributed by atoms with van der Waals surface area (Å²) in [4.78, 5) is 8.86. The van der Waals surface area contributed by atoms with Crippen LogP contribution in [0, 0.1) is 5.92 Å². The zero-order valence-electron chi connectivity index (χ0n) is 10.1. The van der Waals surface area contributed by atoms with Gasteiger partial charge in [-0.05, 0) is 37.4 Å². The molecule has 17 heavy (non-hydrogen) atoms. The fourth-order valence-corrected chi connectivity index (χ4v) is 2.68. The maximum atomic E-state index is 4.49. The highest BCUT2D eigenvalue weighted by atomic mass is 14.9. The minimum atomic E-state index is 0.421. The van der Waals surface area contributed by atoms with Gasteiger partial charge >= 0.3 is 0 Å². The molecule has 88 valence electrons. The summed E-state index contributed by atoms with van der Waals surface area (Å²) in [5.74, 6) is 0.757. The van der Waals surface area contributed by atoms with Gasteiger partial charge in [-0.3, -0.25) is 9.97 Å². The highest BCUT2D eigenvalue weighted by Crippen LogP contribution is 2.38. The molecule has 1 saturated carbocycles. The van der Waals surface area contributed by atoms with Crippen molar-refractivity contribution in [1.82, 2.24) is 15.3 Å². The van der Waals surface area contributed by atoms with Gasteiger partial charge in [-0.1, -0.05) is 18.6 Å². The molecule has 2 aromatic rings. The van der Waals surface area contributed by atoms with E-state index in [2.05, 4.69) is 27.4 Å². The number of fused-ring (bicyclic) bond motifs is 1. The highest BCUT2D eigenvalue weighted by molar-refractivity contribution is 5.78. The number of nitrogens with one attached hydrogen (secondary N) is 1. The van der Waals surface area contributed by atoms with Crippen molar-refractivity contribution >= 4 is 11.0 Å². The number of aromatic nitrogens is 2. The topological polar surface area (TPSA) is 37.8 Å². The average Bonchev–Trinajstić information content (AvgIpc) is 2.33. The van der Waals surface area contributed by atoms with Gasteiger partial charge in [-0.25, -0.2) is 0 Å². The molecular formula is C14H17N3. The Bertz CT molecular complexity index is 514. The largest absolute Gasteiger partial charge is 0.313 e. The van der Waals surface area contributed by atoms with E-state index in [1.165, 1.54) is 24.8 Å². The number of hydrogen-bond donors (Lipinski definition) is 1. The molecule has 1 unspecified atom stereocenters. The first-order valence-corrected chi connectivity index (χ1v) is 6.27. The molecule has 1 aromatic heterocycles. The normalized spacial score (nSPS) is 17.9. The Balaban J connectivity index is 2.08. The third-order valence-corrected chi connectivity index (χ3v) is 3.80. The second kappa shape index (κ2) is 4.41. The summed E-state index contributed by atoms with van der Waals surface area (Å²) in [7, 11) is 2.04. The van der Waals surface area contributed by atoms with Gasteiger partial charge < -0.3 is 5.32 Å². The van der Waals surface area contributed by atoms with Crippen LogP contribution in [0.15, 0.2) is 30.6 Å². The van der Waals surface area contributed by atoms with Crippen molar-refractivity contribution in [3.8, 4) is 0 Å². The SMILES string of the molecule is CNC(c1cccc2nccnc12)C1CCC1. The summed E-state index contributed by atoms with van der Waals surface area (Å²) in [6.07, 6.45) is 7.53. The lowest BCUT2D eigenvalue weighted by Crippen LogP contribution is -2.30. The number of nitrogens with zero attached hydrogens (tertiary/aromatic N) is 2. The molecule has 0 amide bonds. The van der Waals surface area contributed by atoms with Gasteiger partial charge in [-0.2, -0.15) is 0 Å². The Labute approximate surface area is 101 Å². The quantitative estimate of drug-likeness (QED) is 0.876. The molecule has 0 spiro atoms. The summed E-state index contributed by atoms with van der Waals surface area (Å²) in [6.45, 7) is 0. The first kappa shape index (κ1) is 10.7. The molecule has 3 rings (SSSR count). The lowest BCUT2D eigenvalue weighted by atomic mass is 9.77. The first-order chi connectivity index (χ1) is 8.40. The smallest absolute Gasteiger partial charge is 0.0934 e. The third-order valence-electron chi connectivity index (χ3n) is 3.80. The lowest BCUT2D eigenvalue weighted by Gasteiger charge is -2.34. The van der Waals surface area contributed by atoms with Gasteiger partial charge in [0.2, 0.25) is 0 Å². The molecule has 1 aromatic carbocycles. The van der Waals surface area contributed by atoms with E-state index in [1.807, 2.05) is 13.1 Å². The van der Waals surface area contributed by atoms with E-state index in [0.29, 0.717) is 6.04 Å². The van der Waals surface area contributed by atoms with E-state index in [9.17, 15) is 0 Å². The fourth-order valence-electron chi connectivity index (χ4n) is 2.68. The molecule has 1 N–H and O–H groups in total. The highest BCUT2D eigenvalue weighted by Gasteiger charge is 2.28. The molecule has 0 radical (unpaired) electrons. The summed E-state index contributed by atoms with van der Waals surface area (Å²) in [5.41, 5.74) is 3.33. The third kappa shape index (κ3) is 1.80. The molecule has 1 fully saturated rings. The van der Waals surface area contributed by atoms with Crippen LogP contribution < -0.4 is 5.32 Å². The molecule has 1 aliphatic rings. The van der Waals surface area contributed by atoms with Crippen molar-refractivity contribution in [2.75, 3.05) is 7.05 Å². The number of rotatable bonds is 3. The minimum Gasteiger partial charge on any atom is -0.313 e. The van der Waals surface area contributed by atoms with Crippen LogP contribution in [0.2, 0.25) is 0 Å². The van der Waals surface area contributed by atoms with E-state index >= 15 is 0 Å². The predicted octanol–water partition coefficient (Wildman–Crippen LogP) is 2.69. The van der Waals surface area contributed by atoms with Crippen LogP contribution in [0.5, 0.6) is 0 Å². The van der Waals surface area contributed by atoms with E-state index < -0.39 is 0 Å². The maximum Gasteiger partial charge on any atom is 0.0934 e. The van der Waals surface area contributed by atoms with Crippen LogP contribution in [-0.2, 0) is 0 Å². The molecule has 3 nitrogen and oxygen atoms in total. The molecule has 0 aliphatic heterocycles. The number of hydrogen-bond acceptors (Lipinski definition) is 3. The van der Waals surface area contributed by atoms with Crippen molar-refractivity contribution in [3.63, 3.8) is 0 Å². The molecule has 0 saturated heterocycles. The summed E-state index contributed by atoms with van der Waals surface area (Å²) < 4.78 is 0. The van der Waals surface area contributed by atoms with Gasteiger partial charge in [0, 0.05) is 18.4 Å². The van der Waals surface area contributed by atoms with Crippen molar-refractivity contribution < 1.29 is 0 Å². The second-order valence-electron chi connectivity index (χ2n) is 4.73. The van der Waals surface area contributed by atoms with Gasteiger partial charge in [0.1, 0.15) is 0 Å². The van der Waals surface area contributed by atoms with Gasteiger partial charge in [0.15, 0.2) is 0 Å². The van der Waals surface area contributed by atoms with Crippen molar-refractivity contribution in [2.24, 2.45) is 5.92 Å². The Morgan fingerprint density at radius 2 is 2.06 bits per heavy atom. The second-order valence-corrected chi connectivity index (χ2v) is 4.73. The van der Waals surface area contributed by atoms with E-state index in [-0.39, 0.29) is 0 Å². The van der Waals surface area contributed by atoms with E-state index in [1.54, 1.807) is 12.4 Å². The molecule has 1 aliphatic carbocycles. The summed E-state index contributed by atoms with van der Waals surface area (Å²) in [5, 5.41) is 3.44. The Hall–Kier alpha value is -1.48. The van der Waals surface area contributed by atoms with Crippen LogP contribution in [-0.4, -0.2) is 17.0 Å². The summed E-state index contributed by atoms with van der Waals surface area (Å²) in [6, 6.07) is 6.70. The van der Waals surface area contributed by atoms with Crippen molar-refractivity contribution in [3.05, 3.63) is 36.2 Å². The lowest BCUT2D eigenvalue weighted by molar-refractivity contribution is 0.240. The zero-order chi connectivity index (χ0) is 11.7.